The number of benzene rings is 1. The fourth-order valence-corrected chi connectivity index (χ4v) is 5.77. The Hall–Kier alpha value is -3.54. The monoisotopic (exact) mass is 577 g/mol. The van der Waals surface area contributed by atoms with Gasteiger partial charge in [0, 0.05) is 38.3 Å². The summed E-state index contributed by atoms with van der Waals surface area (Å²) >= 11 is 6.66. The summed E-state index contributed by atoms with van der Waals surface area (Å²) in [6.45, 7) is 6.93. The third-order valence-electron chi connectivity index (χ3n) is 7.46. The first-order valence-electron chi connectivity index (χ1n) is 13.8. The van der Waals surface area contributed by atoms with E-state index < -0.39 is 11.5 Å². The number of aliphatic hydroxyl groups is 1. The van der Waals surface area contributed by atoms with Crippen LogP contribution in [-0.4, -0.2) is 80.7 Å². The van der Waals surface area contributed by atoms with E-state index in [2.05, 4.69) is 38.5 Å². The fraction of sp³-hybridized carbons (Fsp3) is 0.500. The molecule has 1 amide bonds. The first kappa shape index (κ1) is 29.0. The van der Waals surface area contributed by atoms with Crippen LogP contribution in [-0.2, 0) is 4.74 Å². The van der Waals surface area contributed by atoms with Crippen LogP contribution in [0.15, 0.2) is 12.1 Å². The van der Waals surface area contributed by atoms with Crippen LogP contribution < -0.4 is 11.1 Å². The largest absolute Gasteiger partial charge is 0.383 e. The molecule has 1 saturated carbocycles. The number of aryl methyl sites for hydroxylation is 1. The van der Waals surface area contributed by atoms with Crippen LogP contribution in [0.25, 0.3) is 11.0 Å². The predicted octanol–water partition coefficient (Wildman–Crippen LogP) is 3.11. The lowest BCUT2D eigenvalue weighted by atomic mass is 10.1. The van der Waals surface area contributed by atoms with Gasteiger partial charge in [0.25, 0.3) is 5.91 Å². The van der Waals surface area contributed by atoms with Gasteiger partial charge in [-0.3, -0.25) is 9.69 Å². The number of carbonyl (C=O) groups is 1. The molecule has 41 heavy (non-hydrogen) atoms. The van der Waals surface area contributed by atoms with Crippen molar-refractivity contribution < 1.29 is 14.6 Å². The minimum atomic E-state index is -1.06. The first-order chi connectivity index (χ1) is 19.5. The third kappa shape index (κ3) is 6.07. The van der Waals surface area contributed by atoms with E-state index in [4.69, 9.17) is 32.2 Å². The molecule has 1 aliphatic carbocycles. The molecule has 10 nitrogen and oxygen atoms in total. The molecule has 2 aromatic heterocycles. The highest BCUT2D eigenvalue weighted by Crippen LogP contribution is 2.39. The molecule has 11 heteroatoms. The van der Waals surface area contributed by atoms with Gasteiger partial charge in [-0.05, 0) is 58.1 Å². The van der Waals surface area contributed by atoms with Crippen molar-refractivity contribution in [3.05, 3.63) is 39.8 Å². The van der Waals surface area contributed by atoms with Crippen molar-refractivity contribution in [2.75, 3.05) is 39.2 Å². The molecule has 0 spiro atoms. The number of hydrogen-bond donors (Lipinski definition) is 3. The Labute approximate surface area is 245 Å². The number of anilines is 1. The summed E-state index contributed by atoms with van der Waals surface area (Å²) in [5.74, 6) is 13.0. The zero-order valence-corrected chi connectivity index (χ0v) is 24.8. The molecule has 3 aromatic rings. The number of nitrogens with one attached hydrogen (secondary N) is 1. The highest BCUT2D eigenvalue weighted by Gasteiger charge is 2.36. The zero-order valence-electron chi connectivity index (χ0n) is 24.1. The smallest absolute Gasteiger partial charge is 0.255 e. The number of nitrogens with two attached hydrogens (primary N) is 1. The number of likely N-dealkylation sites (tertiary alicyclic amines) is 1. The minimum Gasteiger partial charge on any atom is -0.383 e. The lowest BCUT2D eigenvalue weighted by Crippen LogP contribution is -2.33. The minimum absolute atomic E-state index is 0.0792. The number of halogens is 1. The number of amides is 1. The van der Waals surface area contributed by atoms with Crippen LogP contribution in [0.4, 0.5) is 5.82 Å². The summed E-state index contributed by atoms with van der Waals surface area (Å²) < 4.78 is 9.50. The standard InChI is InChI=1S/C30H36ClN7O3/c1-18-34-25-13-19(23(31)15-26(25)37(18)20-8-9-20)7-10-24-27(28(32)39)29(33-4)38(35-24)21-14-22(17-41-5)36(16-21)12-6-11-30(2,3)40/h13,15,20-22,33,40H,8-9,12,14,16-17H2,1-5H3,(H2,32,39)/t21-,22+/m0/s1. The molecule has 1 aromatic carbocycles. The van der Waals surface area contributed by atoms with Crippen molar-refractivity contribution in [2.45, 2.75) is 63.8 Å². The average Bonchev–Trinajstić information content (AvgIpc) is 3.41. The van der Waals surface area contributed by atoms with Gasteiger partial charge in [0.15, 0.2) is 5.69 Å². The molecule has 3 heterocycles. The van der Waals surface area contributed by atoms with Gasteiger partial charge in [-0.1, -0.05) is 29.4 Å². The van der Waals surface area contributed by atoms with Crippen molar-refractivity contribution in [3.63, 3.8) is 0 Å². The Morgan fingerprint density at radius 3 is 2.68 bits per heavy atom. The van der Waals surface area contributed by atoms with E-state index in [1.54, 1.807) is 32.7 Å². The van der Waals surface area contributed by atoms with E-state index in [1.807, 2.05) is 19.1 Å². The lowest BCUT2D eigenvalue weighted by Gasteiger charge is -2.21. The summed E-state index contributed by atoms with van der Waals surface area (Å²) in [5, 5.41) is 18.4. The summed E-state index contributed by atoms with van der Waals surface area (Å²) in [4.78, 5) is 19.5. The van der Waals surface area contributed by atoms with Gasteiger partial charge in [0.2, 0.25) is 0 Å². The van der Waals surface area contributed by atoms with Crippen molar-refractivity contribution in [1.82, 2.24) is 24.2 Å². The number of methoxy groups -OCH3 is 1. The van der Waals surface area contributed by atoms with Gasteiger partial charge in [-0.25, -0.2) is 9.67 Å². The van der Waals surface area contributed by atoms with Gasteiger partial charge < -0.3 is 25.5 Å². The Bertz CT molecular complexity index is 1610. The van der Waals surface area contributed by atoms with Crippen LogP contribution in [0.5, 0.6) is 0 Å². The van der Waals surface area contributed by atoms with E-state index >= 15 is 0 Å². The SMILES string of the molecule is CNc1c(C(N)=O)c(C#Cc2cc3nc(C)n(C4CC4)c3cc2Cl)nn1[C@H]1C[C@H](COC)N(CC#CC(C)(C)O)C1. The highest BCUT2D eigenvalue weighted by atomic mass is 35.5. The van der Waals surface area contributed by atoms with Crippen molar-refractivity contribution in [2.24, 2.45) is 5.73 Å². The zero-order chi connectivity index (χ0) is 29.5. The third-order valence-corrected chi connectivity index (χ3v) is 7.78. The number of carbonyl (C=O) groups excluding carboxylic acids is 1. The normalized spacial score (nSPS) is 19.1. The number of ether oxygens (including phenoxy) is 1. The summed E-state index contributed by atoms with van der Waals surface area (Å²) in [5.41, 5.74) is 7.72. The van der Waals surface area contributed by atoms with E-state index in [9.17, 15) is 9.90 Å². The second-order valence-electron chi connectivity index (χ2n) is 11.3. The van der Waals surface area contributed by atoms with Crippen LogP contribution in [0, 0.1) is 30.6 Å². The van der Waals surface area contributed by atoms with E-state index in [0.717, 1.165) is 36.1 Å². The Balaban J connectivity index is 1.48. The Morgan fingerprint density at radius 1 is 1.29 bits per heavy atom. The predicted molar refractivity (Wildman–Crippen MR) is 159 cm³/mol. The molecule has 2 aliphatic rings. The summed E-state index contributed by atoms with van der Waals surface area (Å²) in [6, 6.07) is 4.29. The maximum Gasteiger partial charge on any atom is 0.255 e. The Kier molecular flexibility index (Phi) is 8.04. The number of aromatic nitrogens is 4. The number of hydrogen-bond acceptors (Lipinski definition) is 7. The molecular weight excluding hydrogens is 542 g/mol. The fourth-order valence-electron chi connectivity index (χ4n) is 5.56. The van der Waals surface area contributed by atoms with Crippen molar-refractivity contribution in [1.29, 1.82) is 0 Å². The van der Waals surface area contributed by atoms with E-state index in [0.29, 0.717) is 42.1 Å². The van der Waals surface area contributed by atoms with Crippen LogP contribution in [0.3, 0.4) is 0 Å². The number of primary amides is 1. The highest BCUT2D eigenvalue weighted by molar-refractivity contribution is 6.32. The van der Waals surface area contributed by atoms with E-state index in [-0.39, 0.29) is 23.3 Å². The number of nitrogens with zero attached hydrogens (tertiary/aromatic N) is 5. The topological polar surface area (TPSA) is 123 Å². The maximum absolute atomic E-state index is 12.6. The average molecular weight is 578 g/mol. The molecule has 216 valence electrons. The molecule has 4 N–H and O–H groups in total. The number of fused-ring (bicyclic) bond motifs is 1. The second kappa shape index (κ2) is 11.4. The molecular formula is C30H36ClN7O3. The number of rotatable bonds is 7. The summed E-state index contributed by atoms with van der Waals surface area (Å²) in [6.07, 6.45) is 3.03. The first-order valence-corrected chi connectivity index (χ1v) is 14.1. The van der Waals surface area contributed by atoms with Gasteiger partial charge in [0.1, 0.15) is 22.8 Å². The Morgan fingerprint density at radius 2 is 2.05 bits per heavy atom. The van der Waals surface area contributed by atoms with Crippen LogP contribution >= 0.6 is 11.6 Å². The van der Waals surface area contributed by atoms with Gasteiger partial charge >= 0.3 is 0 Å². The van der Waals surface area contributed by atoms with Crippen molar-refractivity contribution in [3.8, 4) is 23.7 Å². The van der Waals surface area contributed by atoms with Gasteiger partial charge in [0.05, 0.1) is 35.2 Å². The molecule has 1 saturated heterocycles. The lowest BCUT2D eigenvalue weighted by molar-refractivity contribution is 0.100. The quantitative estimate of drug-likeness (QED) is 0.369. The second-order valence-corrected chi connectivity index (χ2v) is 11.7. The molecule has 0 unspecified atom stereocenters. The van der Waals surface area contributed by atoms with Crippen LogP contribution in [0.1, 0.15) is 72.6 Å². The van der Waals surface area contributed by atoms with Crippen LogP contribution in [0.2, 0.25) is 5.02 Å². The molecule has 2 fully saturated rings. The molecule has 1 aliphatic heterocycles. The molecule has 0 bridgehead atoms. The molecule has 5 rings (SSSR count). The van der Waals surface area contributed by atoms with Gasteiger partial charge in [-0.15, -0.1) is 0 Å². The molecule has 0 radical (unpaired) electrons. The van der Waals surface area contributed by atoms with Crippen molar-refractivity contribution >= 4 is 34.4 Å². The molecule has 2 atom stereocenters. The van der Waals surface area contributed by atoms with E-state index in [1.165, 1.54) is 0 Å². The summed E-state index contributed by atoms with van der Waals surface area (Å²) in [7, 11) is 3.40. The maximum atomic E-state index is 12.6. The number of imidazole rings is 1. The van der Waals surface area contributed by atoms with Gasteiger partial charge in [-0.2, -0.15) is 5.10 Å².